The highest BCUT2D eigenvalue weighted by Crippen LogP contribution is 2.32. The fourth-order valence-corrected chi connectivity index (χ4v) is 3.85. The van der Waals surface area contributed by atoms with E-state index in [1.807, 2.05) is 53.6 Å². The lowest BCUT2D eigenvalue weighted by Crippen LogP contribution is -2.37. The molecular formula is C21H23N5O. The number of carbonyl (C=O) groups is 1. The number of fused-ring (bicyclic) bond motifs is 1. The maximum atomic E-state index is 13.3. The molecule has 1 aromatic heterocycles. The predicted molar refractivity (Wildman–Crippen MR) is 104 cm³/mol. The minimum atomic E-state index is -0.177. The Kier molecular flexibility index (Phi) is 4.98. The van der Waals surface area contributed by atoms with Gasteiger partial charge in [0.1, 0.15) is 0 Å². The van der Waals surface area contributed by atoms with Crippen LogP contribution in [0.15, 0.2) is 60.9 Å². The van der Waals surface area contributed by atoms with Crippen molar-refractivity contribution < 1.29 is 4.79 Å². The maximum Gasteiger partial charge on any atom is 0.229 e. The number of nitrogens with zero attached hydrogens (tertiary/aromatic N) is 4. The van der Waals surface area contributed by atoms with Gasteiger partial charge in [-0.25, -0.2) is 4.68 Å². The molecule has 0 bridgehead atoms. The van der Waals surface area contributed by atoms with Crippen LogP contribution >= 0.6 is 0 Å². The summed E-state index contributed by atoms with van der Waals surface area (Å²) in [6, 6.07) is 15.9. The third kappa shape index (κ3) is 3.48. The smallest absolute Gasteiger partial charge is 0.229 e. The normalized spacial score (nSPS) is 14.6. The topological polar surface area (TPSA) is 77.0 Å². The molecule has 6 heteroatoms. The van der Waals surface area contributed by atoms with E-state index in [-0.39, 0.29) is 11.9 Å². The lowest BCUT2D eigenvalue weighted by atomic mass is 9.95. The molecule has 0 saturated carbocycles. The lowest BCUT2D eigenvalue weighted by molar-refractivity contribution is -0.119. The summed E-state index contributed by atoms with van der Waals surface area (Å²) in [4.78, 5) is 15.2. The number of amides is 1. The van der Waals surface area contributed by atoms with Gasteiger partial charge in [0.05, 0.1) is 18.7 Å². The fraction of sp³-hybridized carbons (Fsp3) is 0.286. The van der Waals surface area contributed by atoms with Gasteiger partial charge in [-0.3, -0.25) is 4.79 Å². The minimum absolute atomic E-state index is 0.0921. The Morgan fingerprint density at radius 3 is 2.74 bits per heavy atom. The minimum Gasteiger partial charge on any atom is -0.326 e. The van der Waals surface area contributed by atoms with Gasteiger partial charge in [0, 0.05) is 25.0 Å². The first-order valence-electron chi connectivity index (χ1n) is 9.30. The maximum absolute atomic E-state index is 13.3. The van der Waals surface area contributed by atoms with Crippen LogP contribution in [0.5, 0.6) is 0 Å². The molecule has 138 valence electrons. The van der Waals surface area contributed by atoms with Crippen molar-refractivity contribution in [3.63, 3.8) is 0 Å². The van der Waals surface area contributed by atoms with Crippen LogP contribution in [0.1, 0.15) is 35.6 Å². The van der Waals surface area contributed by atoms with Crippen molar-refractivity contribution in [1.29, 1.82) is 0 Å². The van der Waals surface area contributed by atoms with Gasteiger partial charge in [-0.2, -0.15) is 0 Å². The molecule has 0 saturated heterocycles. The molecule has 1 atom stereocenters. The zero-order valence-electron chi connectivity index (χ0n) is 15.2. The molecule has 2 aromatic carbocycles. The van der Waals surface area contributed by atoms with Crippen LogP contribution in [-0.2, 0) is 17.8 Å². The number of aromatic nitrogens is 3. The average Bonchev–Trinajstić information content (AvgIpc) is 3.26. The molecule has 0 aliphatic carbocycles. The second-order valence-corrected chi connectivity index (χ2v) is 6.78. The van der Waals surface area contributed by atoms with Gasteiger partial charge >= 0.3 is 0 Å². The van der Waals surface area contributed by atoms with E-state index in [2.05, 4.69) is 16.4 Å². The van der Waals surface area contributed by atoms with Crippen molar-refractivity contribution in [2.75, 3.05) is 11.4 Å². The molecule has 3 aromatic rings. The second-order valence-electron chi connectivity index (χ2n) is 6.78. The van der Waals surface area contributed by atoms with Gasteiger partial charge in [-0.05, 0) is 35.6 Å². The SMILES string of the molecule is NCc1cccc2c1CCCN2C(=O)CC(c1ccccc1)n1ccnn1. The molecule has 1 aliphatic heterocycles. The van der Waals surface area contributed by atoms with E-state index >= 15 is 0 Å². The van der Waals surface area contributed by atoms with E-state index in [0.717, 1.165) is 36.2 Å². The number of rotatable bonds is 5. The molecule has 27 heavy (non-hydrogen) atoms. The Bertz CT molecular complexity index is 908. The van der Waals surface area contributed by atoms with Gasteiger partial charge in [0.25, 0.3) is 0 Å². The van der Waals surface area contributed by atoms with Crippen molar-refractivity contribution in [3.05, 3.63) is 77.6 Å². The Morgan fingerprint density at radius 1 is 1.15 bits per heavy atom. The average molecular weight is 361 g/mol. The molecule has 2 heterocycles. The van der Waals surface area contributed by atoms with E-state index in [4.69, 9.17) is 5.73 Å². The highest BCUT2D eigenvalue weighted by atomic mass is 16.2. The number of carbonyl (C=O) groups excluding carboxylic acids is 1. The van der Waals surface area contributed by atoms with E-state index in [0.29, 0.717) is 13.0 Å². The predicted octanol–water partition coefficient (Wildman–Crippen LogP) is 2.70. The van der Waals surface area contributed by atoms with E-state index in [1.54, 1.807) is 10.9 Å². The number of hydrogen-bond donors (Lipinski definition) is 1. The molecular weight excluding hydrogens is 338 g/mol. The molecule has 0 radical (unpaired) electrons. The summed E-state index contributed by atoms with van der Waals surface area (Å²) in [6.07, 6.45) is 5.71. The first-order valence-corrected chi connectivity index (χ1v) is 9.30. The van der Waals surface area contributed by atoms with Gasteiger partial charge in [-0.15, -0.1) is 5.10 Å². The zero-order valence-corrected chi connectivity index (χ0v) is 15.2. The summed E-state index contributed by atoms with van der Waals surface area (Å²) >= 11 is 0. The van der Waals surface area contributed by atoms with Crippen molar-refractivity contribution in [2.24, 2.45) is 5.73 Å². The number of anilines is 1. The van der Waals surface area contributed by atoms with Crippen LogP contribution in [0.25, 0.3) is 0 Å². The zero-order chi connectivity index (χ0) is 18.6. The summed E-state index contributed by atoms with van der Waals surface area (Å²) in [6.45, 7) is 1.23. The van der Waals surface area contributed by atoms with Gasteiger partial charge in [0.15, 0.2) is 0 Å². The van der Waals surface area contributed by atoms with Crippen molar-refractivity contribution in [3.8, 4) is 0 Å². The standard InChI is InChI=1S/C21H23N5O/c22-15-17-8-4-10-19-18(17)9-5-12-25(19)21(27)14-20(26-13-11-23-24-26)16-6-2-1-3-7-16/h1-4,6-8,10-11,13,20H,5,9,12,14-15,22H2. The van der Waals surface area contributed by atoms with Crippen LogP contribution in [0.2, 0.25) is 0 Å². The van der Waals surface area contributed by atoms with Gasteiger partial charge in [-0.1, -0.05) is 47.7 Å². The summed E-state index contributed by atoms with van der Waals surface area (Å²) in [5.41, 5.74) is 10.3. The highest BCUT2D eigenvalue weighted by molar-refractivity contribution is 5.95. The second kappa shape index (κ2) is 7.72. The quantitative estimate of drug-likeness (QED) is 0.758. The molecule has 1 unspecified atom stereocenters. The summed E-state index contributed by atoms with van der Waals surface area (Å²) in [5.74, 6) is 0.0921. The molecule has 1 amide bonds. The van der Waals surface area contributed by atoms with Crippen LogP contribution in [0.3, 0.4) is 0 Å². The molecule has 1 aliphatic rings. The molecule has 6 nitrogen and oxygen atoms in total. The molecule has 0 spiro atoms. The van der Waals surface area contributed by atoms with E-state index in [1.165, 1.54) is 5.56 Å². The number of benzene rings is 2. The van der Waals surface area contributed by atoms with E-state index in [9.17, 15) is 4.79 Å². The summed E-state index contributed by atoms with van der Waals surface area (Å²) in [5, 5.41) is 8.06. The summed E-state index contributed by atoms with van der Waals surface area (Å²) < 4.78 is 1.76. The third-order valence-corrected chi connectivity index (χ3v) is 5.18. The number of nitrogens with two attached hydrogens (primary N) is 1. The monoisotopic (exact) mass is 361 g/mol. The lowest BCUT2D eigenvalue weighted by Gasteiger charge is -2.32. The molecule has 2 N–H and O–H groups in total. The van der Waals surface area contributed by atoms with Crippen molar-refractivity contribution in [1.82, 2.24) is 15.0 Å². The number of hydrogen-bond acceptors (Lipinski definition) is 4. The fourth-order valence-electron chi connectivity index (χ4n) is 3.85. The third-order valence-electron chi connectivity index (χ3n) is 5.18. The Morgan fingerprint density at radius 2 is 2.00 bits per heavy atom. The van der Waals surface area contributed by atoms with Crippen molar-refractivity contribution >= 4 is 11.6 Å². The van der Waals surface area contributed by atoms with Crippen LogP contribution in [-0.4, -0.2) is 27.4 Å². The van der Waals surface area contributed by atoms with Crippen LogP contribution in [0.4, 0.5) is 5.69 Å². The summed E-state index contributed by atoms with van der Waals surface area (Å²) in [7, 11) is 0. The van der Waals surface area contributed by atoms with Gasteiger partial charge < -0.3 is 10.6 Å². The largest absolute Gasteiger partial charge is 0.326 e. The Labute approximate surface area is 158 Å². The Balaban J connectivity index is 1.63. The first kappa shape index (κ1) is 17.4. The van der Waals surface area contributed by atoms with E-state index < -0.39 is 0 Å². The van der Waals surface area contributed by atoms with Crippen molar-refractivity contribution in [2.45, 2.75) is 31.8 Å². The van der Waals surface area contributed by atoms with Crippen LogP contribution < -0.4 is 10.6 Å². The molecule has 0 fully saturated rings. The highest BCUT2D eigenvalue weighted by Gasteiger charge is 2.27. The van der Waals surface area contributed by atoms with Crippen LogP contribution in [0, 0.1) is 0 Å². The Hall–Kier alpha value is -2.99. The first-order chi connectivity index (χ1) is 13.3. The molecule has 4 rings (SSSR count). The van der Waals surface area contributed by atoms with Gasteiger partial charge in [0.2, 0.25) is 5.91 Å².